The summed E-state index contributed by atoms with van der Waals surface area (Å²) >= 11 is 6.23. The highest BCUT2D eigenvalue weighted by Crippen LogP contribution is 2.24. The molecule has 2 aromatic rings. The number of sulfonamides is 1. The SMILES string of the molecule is COc1ccc(CCN2CCN(C(=O)c3cc(S(=O)(=O)N(C)C)ccc3Cl)CC2)cc1. The van der Waals surface area contributed by atoms with Crippen LogP contribution in [0, 0.1) is 0 Å². The number of piperazine rings is 1. The zero-order valence-corrected chi connectivity index (χ0v) is 19.6. The summed E-state index contributed by atoms with van der Waals surface area (Å²) in [6, 6.07) is 12.3. The van der Waals surface area contributed by atoms with Gasteiger partial charge in [-0.25, -0.2) is 12.7 Å². The first-order valence-corrected chi connectivity index (χ1v) is 11.9. The van der Waals surface area contributed by atoms with Crippen molar-refractivity contribution in [3.63, 3.8) is 0 Å². The molecular formula is C22H28ClN3O4S. The molecule has 1 saturated heterocycles. The number of methoxy groups -OCH3 is 1. The number of hydrogen-bond donors (Lipinski definition) is 0. The highest BCUT2D eigenvalue weighted by atomic mass is 35.5. The molecule has 0 aliphatic carbocycles. The number of carbonyl (C=O) groups excluding carboxylic acids is 1. The Labute approximate surface area is 189 Å². The molecule has 1 heterocycles. The van der Waals surface area contributed by atoms with Crippen molar-refractivity contribution in [2.24, 2.45) is 0 Å². The summed E-state index contributed by atoms with van der Waals surface area (Å²) < 4.78 is 31.1. The number of benzene rings is 2. The van der Waals surface area contributed by atoms with Gasteiger partial charge in [-0.15, -0.1) is 0 Å². The standard InChI is InChI=1S/C22H28ClN3O4S/c1-24(2)31(28,29)19-8-9-21(23)20(16-19)22(27)26-14-12-25(13-15-26)11-10-17-4-6-18(30-3)7-5-17/h4-9,16H,10-15H2,1-3H3. The first-order valence-electron chi connectivity index (χ1n) is 10.1. The highest BCUT2D eigenvalue weighted by Gasteiger charge is 2.26. The predicted molar refractivity (Wildman–Crippen MR) is 121 cm³/mol. The van der Waals surface area contributed by atoms with Crippen LogP contribution in [0.5, 0.6) is 5.75 Å². The molecule has 0 radical (unpaired) electrons. The fourth-order valence-electron chi connectivity index (χ4n) is 3.46. The molecular weight excluding hydrogens is 438 g/mol. The fourth-order valence-corrected chi connectivity index (χ4v) is 4.59. The van der Waals surface area contributed by atoms with Crippen LogP contribution in [-0.2, 0) is 16.4 Å². The van der Waals surface area contributed by atoms with Crippen molar-refractivity contribution in [1.82, 2.24) is 14.1 Å². The van der Waals surface area contributed by atoms with Gasteiger partial charge in [0.05, 0.1) is 22.6 Å². The van der Waals surface area contributed by atoms with Gasteiger partial charge in [-0.3, -0.25) is 9.69 Å². The lowest BCUT2D eigenvalue weighted by Crippen LogP contribution is -2.49. The Morgan fingerprint density at radius 3 is 2.29 bits per heavy atom. The molecule has 0 atom stereocenters. The van der Waals surface area contributed by atoms with Crippen molar-refractivity contribution in [2.45, 2.75) is 11.3 Å². The van der Waals surface area contributed by atoms with Gasteiger partial charge in [-0.2, -0.15) is 0 Å². The molecule has 0 bridgehead atoms. The van der Waals surface area contributed by atoms with Crippen molar-refractivity contribution in [2.75, 3.05) is 53.9 Å². The third-order valence-electron chi connectivity index (χ3n) is 5.48. The Balaban J connectivity index is 1.60. The molecule has 1 aliphatic rings. The van der Waals surface area contributed by atoms with E-state index in [0.29, 0.717) is 13.1 Å². The van der Waals surface area contributed by atoms with Gasteiger partial charge in [0.25, 0.3) is 5.91 Å². The average Bonchev–Trinajstić information content (AvgIpc) is 2.78. The third-order valence-corrected chi connectivity index (χ3v) is 7.62. The zero-order valence-electron chi connectivity index (χ0n) is 18.0. The van der Waals surface area contributed by atoms with Crippen LogP contribution in [-0.4, -0.2) is 82.4 Å². The minimum Gasteiger partial charge on any atom is -0.497 e. The van der Waals surface area contributed by atoms with E-state index in [2.05, 4.69) is 17.0 Å². The molecule has 1 fully saturated rings. The van der Waals surface area contributed by atoms with Crippen LogP contribution < -0.4 is 4.74 Å². The molecule has 3 rings (SSSR count). The maximum atomic E-state index is 13.0. The lowest BCUT2D eigenvalue weighted by atomic mass is 10.1. The van der Waals surface area contributed by atoms with Gasteiger partial charge in [0.2, 0.25) is 10.0 Å². The number of amides is 1. The monoisotopic (exact) mass is 465 g/mol. The lowest BCUT2D eigenvalue weighted by Gasteiger charge is -2.35. The minimum atomic E-state index is -3.64. The van der Waals surface area contributed by atoms with Gasteiger partial charge in [0, 0.05) is 46.8 Å². The molecule has 1 amide bonds. The van der Waals surface area contributed by atoms with Crippen LogP contribution in [0.2, 0.25) is 5.02 Å². The van der Waals surface area contributed by atoms with Gasteiger partial charge in [0.15, 0.2) is 0 Å². The van der Waals surface area contributed by atoms with E-state index >= 15 is 0 Å². The van der Waals surface area contributed by atoms with Gasteiger partial charge >= 0.3 is 0 Å². The van der Waals surface area contributed by atoms with Crippen LogP contribution in [0.25, 0.3) is 0 Å². The number of hydrogen-bond acceptors (Lipinski definition) is 5. The van der Waals surface area contributed by atoms with E-state index < -0.39 is 10.0 Å². The molecule has 0 aromatic heterocycles. The van der Waals surface area contributed by atoms with Crippen LogP contribution in [0.1, 0.15) is 15.9 Å². The van der Waals surface area contributed by atoms with E-state index in [1.165, 1.54) is 37.9 Å². The molecule has 2 aromatic carbocycles. The van der Waals surface area contributed by atoms with Crippen molar-refractivity contribution in [3.05, 3.63) is 58.6 Å². The summed E-state index contributed by atoms with van der Waals surface area (Å²) in [5.74, 6) is 0.604. The normalized spacial score (nSPS) is 15.3. The van der Waals surface area contributed by atoms with E-state index in [1.54, 1.807) is 12.0 Å². The van der Waals surface area contributed by atoms with Crippen molar-refractivity contribution in [3.8, 4) is 5.75 Å². The second-order valence-electron chi connectivity index (χ2n) is 7.66. The average molecular weight is 466 g/mol. The molecule has 0 saturated carbocycles. The van der Waals surface area contributed by atoms with Crippen LogP contribution in [0.15, 0.2) is 47.4 Å². The number of ether oxygens (including phenoxy) is 1. The summed E-state index contributed by atoms with van der Waals surface area (Å²) in [6.07, 6.45) is 0.925. The second kappa shape index (κ2) is 9.99. The summed E-state index contributed by atoms with van der Waals surface area (Å²) in [4.78, 5) is 17.1. The third kappa shape index (κ3) is 5.57. The summed E-state index contributed by atoms with van der Waals surface area (Å²) in [5, 5.41) is 0.254. The number of carbonyl (C=O) groups is 1. The molecule has 9 heteroatoms. The van der Waals surface area contributed by atoms with Crippen molar-refractivity contribution < 1.29 is 17.9 Å². The van der Waals surface area contributed by atoms with Gasteiger partial charge in [0.1, 0.15) is 5.75 Å². The first kappa shape index (κ1) is 23.5. The Hall–Kier alpha value is -2.13. The number of rotatable bonds is 7. The van der Waals surface area contributed by atoms with Crippen LogP contribution in [0.3, 0.4) is 0 Å². The molecule has 0 spiro atoms. The van der Waals surface area contributed by atoms with E-state index in [9.17, 15) is 13.2 Å². The topological polar surface area (TPSA) is 70.2 Å². The van der Waals surface area contributed by atoms with E-state index in [0.717, 1.165) is 36.1 Å². The molecule has 7 nitrogen and oxygen atoms in total. The van der Waals surface area contributed by atoms with Gasteiger partial charge in [-0.05, 0) is 42.3 Å². The molecule has 31 heavy (non-hydrogen) atoms. The van der Waals surface area contributed by atoms with E-state index in [4.69, 9.17) is 16.3 Å². The van der Waals surface area contributed by atoms with Crippen molar-refractivity contribution >= 4 is 27.5 Å². The highest BCUT2D eigenvalue weighted by molar-refractivity contribution is 7.89. The summed E-state index contributed by atoms with van der Waals surface area (Å²) in [7, 11) is 0.924. The zero-order chi connectivity index (χ0) is 22.6. The molecule has 1 aliphatic heterocycles. The predicted octanol–water partition coefficient (Wildman–Crippen LogP) is 2.60. The van der Waals surface area contributed by atoms with E-state index in [-0.39, 0.29) is 21.4 Å². The minimum absolute atomic E-state index is 0.0587. The maximum Gasteiger partial charge on any atom is 0.255 e. The van der Waals surface area contributed by atoms with Crippen LogP contribution >= 0.6 is 11.6 Å². The smallest absolute Gasteiger partial charge is 0.255 e. The molecule has 0 N–H and O–H groups in total. The van der Waals surface area contributed by atoms with Gasteiger partial charge in [-0.1, -0.05) is 23.7 Å². The second-order valence-corrected chi connectivity index (χ2v) is 10.2. The summed E-state index contributed by atoms with van der Waals surface area (Å²) in [6.45, 7) is 3.57. The quantitative estimate of drug-likeness (QED) is 0.628. The lowest BCUT2D eigenvalue weighted by molar-refractivity contribution is 0.0638. The largest absolute Gasteiger partial charge is 0.497 e. The molecule has 0 unspecified atom stereocenters. The Morgan fingerprint density at radius 2 is 1.71 bits per heavy atom. The Bertz CT molecular complexity index is 1020. The number of nitrogens with zero attached hydrogens (tertiary/aromatic N) is 3. The Kier molecular flexibility index (Phi) is 7.59. The van der Waals surface area contributed by atoms with Crippen molar-refractivity contribution in [1.29, 1.82) is 0 Å². The Morgan fingerprint density at radius 1 is 1.06 bits per heavy atom. The molecule has 168 valence electrons. The first-order chi connectivity index (χ1) is 14.7. The van der Waals surface area contributed by atoms with Gasteiger partial charge < -0.3 is 9.64 Å². The van der Waals surface area contributed by atoms with E-state index in [1.807, 2.05) is 12.1 Å². The number of halogens is 1. The maximum absolute atomic E-state index is 13.0. The fraction of sp³-hybridized carbons (Fsp3) is 0.409. The van der Waals surface area contributed by atoms with Crippen LogP contribution in [0.4, 0.5) is 0 Å². The summed E-state index contributed by atoms with van der Waals surface area (Å²) in [5.41, 5.74) is 1.46.